The lowest BCUT2D eigenvalue weighted by Crippen LogP contribution is -1.94. The molecule has 0 saturated carbocycles. The molecule has 20 heavy (non-hydrogen) atoms. The lowest BCUT2D eigenvalue weighted by atomic mass is 10.3. The van der Waals surface area contributed by atoms with Crippen molar-refractivity contribution in [2.45, 2.75) is 6.92 Å². The van der Waals surface area contributed by atoms with Crippen LogP contribution in [0.2, 0.25) is 0 Å². The molecule has 0 amide bonds. The number of benzene rings is 1. The van der Waals surface area contributed by atoms with Crippen LogP contribution in [0.4, 0.5) is 11.4 Å². The van der Waals surface area contributed by atoms with Gasteiger partial charge in [0.05, 0.1) is 22.6 Å². The molecule has 0 radical (unpaired) electrons. The highest BCUT2D eigenvalue weighted by Crippen LogP contribution is 2.15. The van der Waals surface area contributed by atoms with Crippen LogP contribution in [0.15, 0.2) is 58.3 Å². The number of allylic oxidation sites excluding steroid dienone is 1. The quantitative estimate of drug-likeness (QED) is 0.511. The van der Waals surface area contributed by atoms with E-state index in [1.54, 1.807) is 36.6 Å². The Balaban J connectivity index is 1.96. The van der Waals surface area contributed by atoms with Crippen LogP contribution in [-0.2, 0) is 0 Å². The number of rotatable bonds is 5. The number of nitrogens with zero attached hydrogens (tertiary/aromatic N) is 2. The molecule has 0 atom stereocenters. The third-order valence-electron chi connectivity index (χ3n) is 2.47. The van der Waals surface area contributed by atoms with E-state index < -0.39 is 4.92 Å². The largest absolute Gasteiger partial charge is 0.465 e. The summed E-state index contributed by atoms with van der Waals surface area (Å²) in [5, 5.41) is 14.7. The molecule has 1 heterocycles. The maximum Gasteiger partial charge on any atom is 0.269 e. The van der Waals surface area contributed by atoms with Crippen LogP contribution >= 0.6 is 0 Å². The first-order valence-corrected chi connectivity index (χ1v) is 5.91. The number of nitro groups is 1. The first-order chi connectivity index (χ1) is 9.65. The Hall–Kier alpha value is -2.89. The summed E-state index contributed by atoms with van der Waals surface area (Å²) < 4.78 is 5.16. The highest BCUT2D eigenvalue weighted by molar-refractivity contribution is 5.96. The number of anilines is 1. The van der Waals surface area contributed by atoms with E-state index in [0.717, 1.165) is 11.5 Å². The van der Waals surface area contributed by atoms with Crippen molar-refractivity contribution in [1.29, 1.82) is 0 Å². The van der Waals surface area contributed by atoms with E-state index in [0.29, 0.717) is 5.69 Å². The summed E-state index contributed by atoms with van der Waals surface area (Å²) in [5.74, 6) is 0.745. The molecule has 0 aliphatic carbocycles. The van der Waals surface area contributed by atoms with E-state index in [-0.39, 0.29) is 5.69 Å². The molecule has 1 N–H and O–H groups in total. The minimum Gasteiger partial charge on any atom is -0.465 e. The topological polar surface area (TPSA) is 80.7 Å². The van der Waals surface area contributed by atoms with Crippen LogP contribution < -0.4 is 5.43 Å². The second-order valence-electron chi connectivity index (χ2n) is 4.02. The van der Waals surface area contributed by atoms with Crippen LogP contribution in [0, 0.1) is 10.1 Å². The normalized spacial score (nSPS) is 11.8. The molecule has 2 aromatic rings. The molecule has 0 aliphatic rings. The zero-order chi connectivity index (χ0) is 14.4. The van der Waals surface area contributed by atoms with Crippen molar-refractivity contribution in [3.8, 4) is 0 Å². The van der Waals surface area contributed by atoms with Gasteiger partial charge in [0.15, 0.2) is 0 Å². The summed E-state index contributed by atoms with van der Waals surface area (Å²) in [5.41, 5.74) is 4.31. The Morgan fingerprint density at radius 3 is 2.70 bits per heavy atom. The van der Waals surface area contributed by atoms with Crippen molar-refractivity contribution >= 4 is 23.2 Å². The Morgan fingerprint density at radius 1 is 1.35 bits per heavy atom. The Morgan fingerprint density at radius 2 is 2.10 bits per heavy atom. The number of furan rings is 1. The van der Waals surface area contributed by atoms with Gasteiger partial charge in [-0.2, -0.15) is 5.10 Å². The van der Waals surface area contributed by atoms with Gasteiger partial charge in [0, 0.05) is 12.1 Å². The minimum absolute atomic E-state index is 0.0500. The van der Waals surface area contributed by atoms with Gasteiger partial charge in [0.2, 0.25) is 0 Å². The van der Waals surface area contributed by atoms with E-state index in [2.05, 4.69) is 10.5 Å². The molecule has 102 valence electrons. The summed E-state index contributed by atoms with van der Waals surface area (Å²) >= 11 is 0. The fraction of sp³-hybridized carbons (Fsp3) is 0.0714. The van der Waals surface area contributed by atoms with E-state index in [1.165, 1.54) is 12.1 Å². The number of nitrogens with one attached hydrogen (secondary N) is 1. The van der Waals surface area contributed by atoms with Crippen LogP contribution in [0.1, 0.15) is 12.7 Å². The molecule has 2 rings (SSSR count). The summed E-state index contributed by atoms with van der Waals surface area (Å²) in [6, 6.07) is 9.70. The zero-order valence-corrected chi connectivity index (χ0v) is 10.8. The van der Waals surface area contributed by atoms with Gasteiger partial charge in [0.1, 0.15) is 5.76 Å². The predicted octanol–water partition coefficient (Wildman–Crippen LogP) is 3.69. The van der Waals surface area contributed by atoms with E-state index in [4.69, 9.17) is 4.42 Å². The first-order valence-electron chi connectivity index (χ1n) is 5.91. The van der Waals surface area contributed by atoms with Gasteiger partial charge in [-0.05, 0) is 43.3 Å². The maximum atomic E-state index is 10.5. The summed E-state index contributed by atoms with van der Waals surface area (Å²) in [6.07, 6.45) is 5.20. The van der Waals surface area contributed by atoms with E-state index in [1.807, 2.05) is 13.0 Å². The molecular formula is C14H13N3O3. The molecule has 6 nitrogen and oxygen atoms in total. The maximum absolute atomic E-state index is 10.5. The number of hydrazone groups is 1. The van der Waals surface area contributed by atoms with Crippen molar-refractivity contribution in [2.75, 3.05) is 5.43 Å². The summed E-state index contributed by atoms with van der Waals surface area (Å²) in [4.78, 5) is 10.1. The summed E-state index contributed by atoms with van der Waals surface area (Å²) in [6.45, 7) is 1.83. The second kappa shape index (κ2) is 6.33. The number of nitro benzene ring substituents is 1. The van der Waals surface area contributed by atoms with Gasteiger partial charge in [-0.3, -0.25) is 15.5 Å². The van der Waals surface area contributed by atoms with Crippen LogP contribution in [0.25, 0.3) is 6.08 Å². The molecule has 0 aliphatic heterocycles. The Kier molecular flexibility index (Phi) is 4.28. The van der Waals surface area contributed by atoms with Gasteiger partial charge in [-0.1, -0.05) is 0 Å². The van der Waals surface area contributed by atoms with Crippen molar-refractivity contribution in [2.24, 2.45) is 5.10 Å². The summed E-state index contributed by atoms with van der Waals surface area (Å²) in [7, 11) is 0. The van der Waals surface area contributed by atoms with Crippen LogP contribution in [0.3, 0.4) is 0 Å². The molecule has 0 fully saturated rings. The third kappa shape index (κ3) is 3.81. The Bertz CT molecular complexity index is 628. The second-order valence-corrected chi connectivity index (χ2v) is 4.02. The Labute approximate surface area is 115 Å². The number of hydrogen-bond donors (Lipinski definition) is 1. The highest BCUT2D eigenvalue weighted by Gasteiger charge is 2.02. The molecule has 0 spiro atoms. The average molecular weight is 271 g/mol. The first kappa shape index (κ1) is 13.5. The monoisotopic (exact) mass is 271 g/mol. The lowest BCUT2D eigenvalue weighted by molar-refractivity contribution is -0.384. The molecule has 0 bridgehead atoms. The van der Waals surface area contributed by atoms with Crippen molar-refractivity contribution < 1.29 is 9.34 Å². The fourth-order valence-corrected chi connectivity index (χ4v) is 1.44. The number of hydrogen-bond acceptors (Lipinski definition) is 5. The highest BCUT2D eigenvalue weighted by atomic mass is 16.6. The average Bonchev–Trinajstić information content (AvgIpc) is 2.96. The minimum atomic E-state index is -0.440. The van der Waals surface area contributed by atoms with E-state index >= 15 is 0 Å². The lowest BCUT2D eigenvalue weighted by Gasteiger charge is -2.00. The van der Waals surface area contributed by atoms with E-state index in [9.17, 15) is 10.1 Å². The molecule has 0 saturated heterocycles. The zero-order valence-electron chi connectivity index (χ0n) is 10.8. The molecule has 6 heteroatoms. The molecular weight excluding hydrogens is 258 g/mol. The smallest absolute Gasteiger partial charge is 0.269 e. The van der Waals surface area contributed by atoms with Crippen molar-refractivity contribution in [3.63, 3.8) is 0 Å². The standard InChI is InChI=1S/C14H13N3O3/c1-11(4-9-14-3-2-10-20-14)15-16-12-5-7-13(8-6-12)17(18)19/h2-10,16H,1H3/b9-4+,15-11+. The molecule has 1 aromatic carbocycles. The van der Waals surface area contributed by atoms with Crippen molar-refractivity contribution in [1.82, 2.24) is 0 Å². The van der Waals surface area contributed by atoms with Crippen molar-refractivity contribution in [3.05, 3.63) is 64.6 Å². The van der Waals surface area contributed by atoms with Gasteiger partial charge in [-0.25, -0.2) is 0 Å². The SMILES string of the molecule is CC(/C=C/c1ccco1)=N\Nc1ccc([N+](=O)[O-])cc1. The van der Waals surface area contributed by atoms with Gasteiger partial charge >= 0.3 is 0 Å². The fourth-order valence-electron chi connectivity index (χ4n) is 1.44. The molecule has 1 aromatic heterocycles. The van der Waals surface area contributed by atoms with Gasteiger partial charge in [0.25, 0.3) is 5.69 Å². The number of non-ortho nitro benzene ring substituents is 1. The third-order valence-corrected chi connectivity index (χ3v) is 2.47. The van der Waals surface area contributed by atoms with Crippen LogP contribution in [0.5, 0.6) is 0 Å². The van der Waals surface area contributed by atoms with Gasteiger partial charge < -0.3 is 4.42 Å². The predicted molar refractivity (Wildman–Crippen MR) is 77.6 cm³/mol. The molecule has 0 unspecified atom stereocenters. The van der Waals surface area contributed by atoms with Gasteiger partial charge in [-0.15, -0.1) is 0 Å². The van der Waals surface area contributed by atoms with Crippen LogP contribution in [-0.4, -0.2) is 10.6 Å².